The SMILES string of the molecule is COc1ccc(Nc2nc(Cl)nc(OC(C)C)n2)cc1Cl. The molecule has 112 valence electrons. The molecule has 21 heavy (non-hydrogen) atoms. The lowest BCUT2D eigenvalue weighted by atomic mass is 10.3. The zero-order valence-corrected chi connectivity index (χ0v) is 13.2. The molecular formula is C13H14Cl2N4O2. The van der Waals surface area contributed by atoms with Gasteiger partial charge < -0.3 is 14.8 Å². The molecule has 0 saturated carbocycles. The predicted octanol–water partition coefficient (Wildman–Crippen LogP) is 3.72. The average Bonchev–Trinajstić information content (AvgIpc) is 2.37. The first-order valence-electron chi connectivity index (χ1n) is 6.16. The maximum atomic E-state index is 6.06. The summed E-state index contributed by atoms with van der Waals surface area (Å²) in [7, 11) is 1.55. The molecule has 2 rings (SSSR count). The molecule has 8 heteroatoms. The predicted molar refractivity (Wildman–Crippen MR) is 81.9 cm³/mol. The monoisotopic (exact) mass is 328 g/mol. The van der Waals surface area contributed by atoms with Crippen LogP contribution in [0.2, 0.25) is 10.3 Å². The van der Waals surface area contributed by atoms with Crippen LogP contribution in [0.15, 0.2) is 18.2 Å². The molecule has 1 aromatic heterocycles. The van der Waals surface area contributed by atoms with Gasteiger partial charge >= 0.3 is 6.01 Å². The number of rotatable bonds is 5. The maximum Gasteiger partial charge on any atom is 0.322 e. The summed E-state index contributed by atoms with van der Waals surface area (Å²) in [4.78, 5) is 12.0. The summed E-state index contributed by atoms with van der Waals surface area (Å²) in [5, 5.41) is 3.50. The Hall–Kier alpha value is -1.79. The lowest BCUT2D eigenvalue weighted by Crippen LogP contribution is -2.10. The van der Waals surface area contributed by atoms with Crippen molar-refractivity contribution >= 4 is 34.8 Å². The number of anilines is 2. The summed E-state index contributed by atoms with van der Waals surface area (Å²) in [6.45, 7) is 3.74. The Balaban J connectivity index is 2.22. The molecule has 0 aliphatic carbocycles. The molecule has 0 atom stereocenters. The Morgan fingerprint density at radius 3 is 2.52 bits per heavy atom. The molecular weight excluding hydrogens is 315 g/mol. The van der Waals surface area contributed by atoms with Crippen LogP contribution in [-0.4, -0.2) is 28.2 Å². The highest BCUT2D eigenvalue weighted by Gasteiger charge is 2.09. The number of aromatic nitrogens is 3. The van der Waals surface area contributed by atoms with Gasteiger partial charge in [0.15, 0.2) is 0 Å². The molecule has 0 fully saturated rings. The number of benzene rings is 1. The topological polar surface area (TPSA) is 69.2 Å². The zero-order valence-electron chi connectivity index (χ0n) is 11.7. The van der Waals surface area contributed by atoms with Crippen molar-refractivity contribution < 1.29 is 9.47 Å². The summed E-state index contributed by atoms with van der Waals surface area (Å²) in [5.41, 5.74) is 0.693. The summed E-state index contributed by atoms with van der Waals surface area (Å²) in [6.07, 6.45) is -0.0632. The third-order valence-corrected chi connectivity index (χ3v) is 2.80. The van der Waals surface area contributed by atoms with Crippen LogP contribution < -0.4 is 14.8 Å². The van der Waals surface area contributed by atoms with E-state index in [-0.39, 0.29) is 23.3 Å². The van der Waals surface area contributed by atoms with Crippen molar-refractivity contribution in [2.45, 2.75) is 20.0 Å². The number of hydrogen-bond donors (Lipinski definition) is 1. The molecule has 1 aromatic carbocycles. The molecule has 0 saturated heterocycles. The smallest absolute Gasteiger partial charge is 0.322 e. The van der Waals surface area contributed by atoms with Gasteiger partial charge in [-0.1, -0.05) is 11.6 Å². The van der Waals surface area contributed by atoms with Crippen molar-refractivity contribution in [1.82, 2.24) is 15.0 Å². The number of hydrogen-bond acceptors (Lipinski definition) is 6. The summed E-state index contributed by atoms with van der Waals surface area (Å²) < 4.78 is 10.5. The second-order valence-electron chi connectivity index (χ2n) is 4.35. The Kier molecular flexibility index (Phi) is 5.03. The highest BCUT2D eigenvalue weighted by molar-refractivity contribution is 6.32. The van der Waals surface area contributed by atoms with E-state index < -0.39 is 0 Å². The molecule has 0 aliphatic rings. The summed E-state index contributed by atoms with van der Waals surface area (Å²) in [5.74, 6) is 0.853. The average molecular weight is 329 g/mol. The van der Waals surface area contributed by atoms with Crippen molar-refractivity contribution in [1.29, 1.82) is 0 Å². The van der Waals surface area contributed by atoms with E-state index in [1.54, 1.807) is 25.3 Å². The minimum absolute atomic E-state index is 0.0442. The van der Waals surface area contributed by atoms with E-state index in [1.807, 2.05) is 13.8 Å². The minimum atomic E-state index is -0.0632. The first-order chi connectivity index (χ1) is 9.97. The van der Waals surface area contributed by atoms with E-state index in [0.717, 1.165) is 0 Å². The van der Waals surface area contributed by atoms with Gasteiger partial charge in [0, 0.05) is 5.69 Å². The zero-order chi connectivity index (χ0) is 15.4. The normalized spacial score (nSPS) is 10.6. The van der Waals surface area contributed by atoms with E-state index >= 15 is 0 Å². The molecule has 2 aromatic rings. The van der Waals surface area contributed by atoms with Gasteiger partial charge in [0.1, 0.15) is 5.75 Å². The maximum absolute atomic E-state index is 6.06. The van der Waals surface area contributed by atoms with Crippen molar-refractivity contribution in [3.05, 3.63) is 28.5 Å². The molecule has 1 heterocycles. The number of ether oxygens (including phenoxy) is 2. The third-order valence-electron chi connectivity index (χ3n) is 2.34. The van der Waals surface area contributed by atoms with Crippen molar-refractivity contribution in [2.75, 3.05) is 12.4 Å². The van der Waals surface area contributed by atoms with Crippen LogP contribution in [0.4, 0.5) is 11.6 Å². The van der Waals surface area contributed by atoms with E-state index in [9.17, 15) is 0 Å². The Morgan fingerprint density at radius 1 is 1.14 bits per heavy atom. The second-order valence-corrected chi connectivity index (χ2v) is 5.10. The molecule has 0 amide bonds. The van der Waals surface area contributed by atoms with Gasteiger partial charge in [0.2, 0.25) is 11.2 Å². The van der Waals surface area contributed by atoms with E-state index in [0.29, 0.717) is 16.5 Å². The van der Waals surface area contributed by atoms with Gasteiger partial charge in [0.05, 0.1) is 18.2 Å². The van der Waals surface area contributed by atoms with Gasteiger partial charge in [-0.25, -0.2) is 0 Å². The highest BCUT2D eigenvalue weighted by Crippen LogP contribution is 2.28. The Morgan fingerprint density at radius 2 is 1.90 bits per heavy atom. The van der Waals surface area contributed by atoms with Crippen molar-refractivity contribution in [3.63, 3.8) is 0 Å². The number of nitrogens with one attached hydrogen (secondary N) is 1. The van der Waals surface area contributed by atoms with Gasteiger partial charge in [-0.15, -0.1) is 0 Å². The fourth-order valence-electron chi connectivity index (χ4n) is 1.52. The van der Waals surface area contributed by atoms with E-state index in [2.05, 4.69) is 20.3 Å². The number of methoxy groups -OCH3 is 1. The minimum Gasteiger partial charge on any atom is -0.495 e. The van der Waals surface area contributed by atoms with Crippen molar-refractivity contribution in [2.24, 2.45) is 0 Å². The largest absolute Gasteiger partial charge is 0.495 e. The lowest BCUT2D eigenvalue weighted by Gasteiger charge is -2.10. The standard InChI is InChI=1S/C13H14Cl2N4O2/c1-7(2)21-13-18-11(15)17-12(19-13)16-8-4-5-10(20-3)9(14)6-8/h4-7H,1-3H3,(H,16,17,18,19). The Labute approximate surface area is 132 Å². The van der Waals surface area contributed by atoms with Gasteiger partial charge in [-0.2, -0.15) is 15.0 Å². The molecule has 0 bridgehead atoms. The molecule has 0 unspecified atom stereocenters. The van der Waals surface area contributed by atoms with Gasteiger partial charge in [-0.05, 0) is 43.6 Å². The third kappa shape index (κ3) is 4.34. The fraction of sp³-hybridized carbons (Fsp3) is 0.308. The molecule has 0 aliphatic heterocycles. The van der Waals surface area contributed by atoms with Crippen molar-refractivity contribution in [3.8, 4) is 11.8 Å². The molecule has 0 spiro atoms. The summed E-state index contributed by atoms with van der Waals surface area (Å²) >= 11 is 11.9. The quantitative estimate of drug-likeness (QED) is 0.902. The van der Waals surface area contributed by atoms with Gasteiger partial charge in [0.25, 0.3) is 0 Å². The summed E-state index contributed by atoms with van der Waals surface area (Å²) in [6, 6.07) is 5.37. The first-order valence-corrected chi connectivity index (χ1v) is 6.92. The number of nitrogens with zero attached hydrogens (tertiary/aromatic N) is 3. The van der Waals surface area contributed by atoms with Crippen LogP contribution in [0.25, 0.3) is 0 Å². The molecule has 1 N–H and O–H groups in total. The van der Waals surface area contributed by atoms with Crippen LogP contribution >= 0.6 is 23.2 Å². The highest BCUT2D eigenvalue weighted by atomic mass is 35.5. The number of halogens is 2. The van der Waals surface area contributed by atoms with Crippen LogP contribution in [-0.2, 0) is 0 Å². The second kappa shape index (κ2) is 6.78. The van der Waals surface area contributed by atoms with Crippen LogP contribution in [0.5, 0.6) is 11.8 Å². The van der Waals surface area contributed by atoms with Crippen LogP contribution in [0.3, 0.4) is 0 Å². The van der Waals surface area contributed by atoms with E-state index in [1.165, 1.54) is 0 Å². The van der Waals surface area contributed by atoms with E-state index in [4.69, 9.17) is 32.7 Å². The Bertz CT molecular complexity index is 638. The molecule has 6 nitrogen and oxygen atoms in total. The van der Waals surface area contributed by atoms with Crippen LogP contribution in [0.1, 0.15) is 13.8 Å². The fourth-order valence-corrected chi connectivity index (χ4v) is 1.93. The molecule has 0 radical (unpaired) electrons. The lowest BCUT2D eigenvalue weighted by molar-refractivity contribution is 0.222. The first kappa shape index (κ1) is 15.6. The van der Waals surface area contributed by atoms with Crippen LogP contribution in [0, 0.1) is 0 Å². The van der Waals surface area contributed by atoms with Gasteiger partial charge in [-0.3, -0.25) is 0 Å².